The molecule has 1 aromatic carbocycles. The van der Waals surface area contributed by atoms with Gasteiger partial charge in [0.25, 0.3) is 17.5 Å². The fourth-order valence-corrected chi connectivity index (χ4v) is 4.65. The van der Waals surface area contributed by atoms with E-state index in [1.165, 1.54) is 0 Å². The average molecular weight is 485 g/mol. The molecule has 0 aliphatic heterocycles. The van der Waals surface area contributed by atoms with Gasteiger partial charge in [-0.15, -0.1) is 0 Å². The molecule has 6 rings (SSSR count). The third-order valence-electron chi connectivity index (χ3n) is 6.89. The molecule has 4 aromatic rings. The fourth-order valence-electron chi connectivity index (χ4n) is 4.65. The number of benzene rings is 1. The van der Waals surface area contributed by atoms with Gasteiger partial charge in [0.15, 0.2) is 0 Å². The molecular weight excluding hydrogens is 456 g/mol. The number of hydrogen-bond donors (Lipinski definition) is 1. The van der Waals surface area contributed by atoms with E-state index in [0.717, 1.165) is 48.3 Å². The molecule has 8 heteroatoms. The molecule has 3 heterocycles. The summed E-state index contributed by atoms with van der Waals surface area (Å²) >= 11 is 0. The second kappa shape index (κ2) is 8.62. The zero-order chi connectivity index (χ0) is 25.0. The van der Waals surface area contributed by atoms with Crippen molar-refractivity contribution in [2.45, 2.75) is 65.1 Å². The van der Waals surface area contributed by atoms with Gasteiger partial charge in [-0.25, -0.2) is 4.98 Å². The lowest BCUT2D eigenvalue weighted by Gasteiger charge is -2.23. The number of pyridine rings is 1. The first kappa shape index (κ1) is 22.5. The maximum atomic E-state index is 14.0. The topological polar surface area (TPSA) is 101 Å². The molecule has 36 heavy (non-hydrogen) atoms. The Balaban J connectivity index is 1.32. The van der Waals surface area contributed by atoms with Crippen molar-refractivity contribution in [1.82, 2.24) is 20.4 Å². The molecule has 1 N–H and O–H groups in total. The van der Waals surface area contributed by atoms with E-state index >= 15 is 0 Å². The number of aryl methyl sites for hydroxylation is 3. The normalized spacial score (nSPS) is 15.3. The zero-order valence-corrected chi connectivity index (χ0v) is 20.6. The highest BCUT2D eigenvalue weighted by Crippen LogP contribution is 2.34. The Morgan fingerprint density at radius 3 is 2.44 bits per heavy atom. The summed E-state index contributed by atoms with van der Waals surface area (Å²) < 4.78 is 11.2. The summed E-state index contributed by atoms with van der Waals surface area (Å²) in [5, 5.41) is 7.74. The minimum atomic E-state index is -0.0779. The van der Waals surface area contributed by atoms with Gasteiger partial charge in [0.2, 0.25) is 0 Å². The van der Waals surface area contributed by atoms with E-state index in [9.17, 15) is 9.59 Å². The Hall–Kier alpha value is -3.94. The van der Waals surface area contributed by atoms with Crippen LogP contribution in [0.1, 0.15) is 69.2 Å². The highest BCUT2D eigenvalue weighted by atomic mass is 16.5. The molecule has 8 nitrogen and oxygen atoms in total. The van der Waals surface area contributed by atoms with Crippen molar-refractivity contribution in [3.05, 3.63) is 70.3 Å². The van der Waals surface area contributed by atoms with Crippen LogP contribution < -0.4 is 5.32 Å². The highest BCUT2D eigenvalue weighted by Gasteiger charge is 2.35. The quantitative estimate of drug-likeness (QED) is 0.391. The molecule has 2 fully saturated rings. The first-order chi connectivity index (χ1) is 17.4. The predicted molar refractivity (Wildman–Crippen MR) is 134 cm³/mol. The van der Waals surface area contributed by atoms with Gasteiger partial charge >= 0.3 is 0 Å². The molecule has 2 aliphatic carbocycles. The predicted octanol–water partition coefficient (Wildman–Crippen LogP) is 5.11. The number of amides is 2. The highest BCUT2D eigenvalue weighted by molar-refractivity contribution is 6.07. The van der Waals surface area contributed by atoms with Gasteiger partial charge in [-0.1, -0.05) is 17.3 Å². The lowest BCUT2D eigenvalue weighted by atomic mass is 10.0. The summed E-state index contributed by atoms with van der Waals surface area (Å²) in [6.07, 6.45) is 4.05. The third-order valence-corrected chi connectivity index (χ3v) is 6.89. The molecule has 0 atom stereocenters. The summed E-state index contributed by atoms with van der Waals surface area (Å²) in [6.45, 7) is 6.05. The van der Waals surface area contributed by atoms with Crippen LogP contribution in [0.2, 0.25) is 0 Å². The van der Waals surface area contributed by atoms with Crippen LogP contribution in [0.5, 0.6) is 0 Å². The van der Waals surface area contributed by atoms with Crippen LogP contribution in [-0.2, 0) is 6.54 Å². The fraction of sp³-hybridized carbons (Fsp3) is 0.357. The van der Waals surface area contributed by atoms with Gasteiger partial charge in [-0.2, -0.15) is 0 Å². The summed E-state index contributed by atoms with van der Waals surface area (Å²) in [5.41, 5.74) is 4.57. The van der Waals surface area contributed by atoms with Crippen molar-refractivity contribution in [2.24, 2.45) is 0 Å². The lowest BCUT2D eigenvalue weighted by Crippen LogP contribution is -2.33. The van der Waals surface area contributed by atoms with E-state index in [4.69, 9.17) is 8.94 Å². The standard InChI is InChI=1S/C28H28N4O4/c1-15-12-22(17(3)35-15)24-13-23(25-16(2)31-36-27(25)30-24)28(34)32(21-10-11-21)14-18-4-6-19(7-5-18)26(33)29-20-8-9-20/h4-7,12-13,20-21H,8-11,14H2,1-3H3,(H,29,33). The molecule has 0 unspecified atom stereocenters. The molecule has 0 bridgehead atoms. The number of fused-ring (bicyclic) bond motifs is 1. The smallest absolute Gasteiger partial charge is 0.259 e. The average Bonchev–Trinajstić information content (AvgIpc) is 3.79. The Bertz CT molecular complexity index is 1480. The van der Waals surface area contributed by atoms with E-state index in [2.05, 4.69) is 15.5 Å². The Morgan fingerprint density at radius 2 is 1.81 bits per heavy atom. The van der Waals surface area contributed by atoms with Gasteiger partial charge in [0, 0.05) is 29.8 Å². The Morgan fingerprint density at radius 1 is 1.06 bits per heavy atom. The third kappa shape index (κ3) is 4.27. The molecule has 2 amide bonds. The van der Waals surface area contributed by atoms with Crippen LogP contribution in [-0.4, -0.2) is 38.9 Å². The van der Waals surface area contributed by atoms with E-state index in [1.807, 2.05) is 62.1 Å². The summed E-state index contributed by atoms with van der Waals surface area (Å²) in [5.74, 6) is 1.39. The van der Waals surface area contributed by atoms with Crippen LogP contribution in [0.15, 0.2) is 45.3 Å². The second-order valence-electron chi connectivity index (χ2n) is 9.94. The second-order valence-corrected chi connectivity index (χ2v) is 9.94. The number of hydrogen-bond acceptors (Lipinski definition) is 6. The van der Waals surface area contributed by atoms with Crippen LogP contribution in [0.25, 0.3) is 22.4 Å². The van der Waals surface area contributed by atoms with E-state index in [-0.39, 0.29) is 17.9 Å². The molecule has 184 valence electrons. The molecule has 3 aromatic heterocycles. The number of nitrogens with one attached hydrogen (secondary N) is 1. The van der Waals surface area contributed by atoms with Crippen LogP contribution in [0.4, 0.5) is 0 Å². The lowest BCUT2D eigenvalue weighted by molar-refractivity contribution is 0.0731. The van der Waals surface area contributed by atoms with E-state index in [1.54, 1.807) is 0 Å². The summed E-state index contributed by atoms with van der Waals surface area (Å²) in [6, 6.07) is 11.8. The van der Waals surface area contributed by atoms with Crippen LogP contribution in [0.3, 0.4) is 0 Å². The molecule has 0 saturated heterocycles. The summed E-state index contributed by atoms with van der Waals surface area (Å²) in [7, 11) is 0. The molecule has 0 spiro atoms. The first-order valence-corrected chi connectivity index (χ1v) is 12.4. The van der Waals surface area contributed by atoms with Gasteiger partial charge < -0.3 is 19.2 Å². The van der Waals surface area contributed by atoms with Crippen LogP contribution >= 0.6 is 0 Å². The SMILES string of the molecule is Cc1cc(-c2cc(C(=O)N(Cc3ccc(C(=O)NC4CC4)cc3)C3CC3)c3c(C)noc3n2)c(C)o1. The number of rotatable bonds is 7. The van der Waals surface area contributed by atoms with Crippen molar-refractivity contribution < 1.29 is 18.5 Å². The molecule has 2 saturated carbocycles. The number of carbonyl (C=O) groups is 2. The Labute approximate surface area is 208 Å². The number of furan rings is 1. The van der Waals surface area contributed by atoms with Gasteiger partial charge in [-0.3, -0.25) is 9.59 Å². The van der Waals surface area contributed by atoms with Crippen molar-refractivity contribution in [2.75, 3.05) is 0 Å². The van der Waals surface area contributed by atoms with Crippen molar-refractivity contribution >= 4 is 22.9 Å². The monoisotopic (exact) mass is 484 g/mol. The first-order valence-electron chi connectivity index (χ1n) is 12.4. The molecular formula is C28H28N4O4. The number of nitrogens with zero attached hydrogens (tertiary/aromatic N) is 3. The Kier molecular flexibility index (Phi) is 5.39. The van der Waals surface area contributed by atoms with Crippen LogP contribution in [0, 0.1) is 20.8 Å². The zero-order valence-electron chi connectivity index (χ0n) is 20.6. The molecule has 0 radical (unpaired) electrons. The van der Waals surface area contributed by atoms with Crippen molar-refractivity contribution in [3.8, 4) is 11.3 Å². The summed E-state index contributed by atoms with van der Waals surface area (Å²) in [4.78, 5) is 32.9. The largest absolute Gasteiger partial charge is 0.466 e. The van der Waals surface area contributed by atoms with Crippen molar-refractivity contribution in [1.29, 1.82) is 0 Å². The van der Waals surface area contributed by atoms with E-state index in [0.29, 0.717) is 46.2 Å². The maximum absolute atomic E-state index is 14.0. The minimum absolute atomic E-state index is 0.0430. The van der Waals surface area contributed by atoms with Crippen molar-refractivity contribution in [3.63, 3.8) is 0 Å². The van der Waals surface area contributed by atoms with Gasteiger partial charge in [-0.05, 0) is 76.3 Å². The van der Waals surface area contributed by atoms with Gasteiger partial charge in [0.1, 0.15) is 11.5 Å². The molecule has 2 aliphatic rings. The maximum Gasteiger partial charge on any atom is 0.259 e. The minimum Gasteiger partial charge on any atom is -0.466 e. The van der Waals surface area contributed by atoms with Gasteiger partial charge in [0.05, 0.1) is 22.3 Å². The van der Waals surface area contributed by atoms with E-state index < -0.39 is 0 Å². The number of carbonyl (C=O) groups excluding carboxylic acids is 2. The number of aromatic nitrogens is 2.